The van der Waals surface area contributed by atoms with E-state index in [0.717, 1.165) is 0 Å². The maximum atomic E-state index is 10.9. The molecule has 12 heavy (non-hydrogen) atoms. The van der Waals surface area contributed by atoms with Crippen LogP contribution in [0.1, 0.15) is 17.9 Å². The number of carbonyl (C=O) groups is 1. The van der Waals surface area contributed by atoms with Gasteiger partial charge in [0.15, 0.2) is 5.78 Å². The van der Waals surface area contributed by atoms with Crippen LogP contribution in [0.2, 0.25) is 0 Å². The van der Waals surface area contributed by atoms with Gasteiger partial charge in [-0.2, -0.15) is 0 Å². The summed E-state index contributed by atoms with van der Waals surface area (Å²) >= 11 is 0. The van der Waals surface area contributed by atoms with Gasteiger partial charge in [-0.15, -0.1) is 0 Å². The van der Waals surface area contributed by atoms with Crippen LogP contribution >= 0.6 is 0 Å². The summed E-state index contributed by atoms with van der Waals surface area (Å²) in [6.07, 6.45) is 4.30. The van der Waals surface area contributed by atoms with E-state index in [0.29, 0.717) is 12.3 Å². The van der Waals surface area contributed by atoms with Crippen molar-refractivity contribution in [3.05, 3.63) is 48.0 Å². The largest absolute Gasteiger partial charge is 0.295 e. The van der Waals surface area contributed by atoms with Crippen LogP contribution in [0.25, 0.3) is 0 Å². The van der Waals surface area contributed by atoms with Crippen molar-refractivity contribution in [1.29, 1.82) is 0 Å². The third-order valence-corrected chi connectivity index (χ3v) is 2.16. The molecule has 0 heterocycles. The topological polar surface area (TPSA) is 17.1 Å². The first-order chi connectivity index (χ1) is 5.86. The molecule has 2 rings (SSSR count). The van der Waals surface area contributed by atoms with Crippen molar-refractivity contribution in [1.82, 2.24) is 0 Å². The van der Waals surface area contributed by atoms with Crippen molar-refractivity contribution in [3.8, 4) is 0 Å². The SMILES string of the molecule is O=C1C=C[C@@H](c2ccccc2)C1. The second-order valence-electron chi connectivity index (χ2n) is 3.05. The molecule has 0 unspecified atom stereocenters. The normalized spacial score (nSPS) is 21.7. The highest BCUT2D eigenvalue weighted by Gasteiger charge is 2.16. The molecule has 1 atom stereocenters. The molecule has 1 heteroatoms. The highest BCUT2D eigenvalue weighted by atomic mass is 16.1. The summed E-state index contributed by atoms with van der Waals surface area (Å²) in [5.41, 5.74) is 1.24. The Morgan fingerprint density at radius 1 is 1.17 bits per heavy atom. The predicted octanol–water partition coefficient (Wildman–Crippen LogP) is 2.30. The molecule has 0 fully saturated rings. The van der Waals surface area contributed by atoms with E-state index in [9.17, 15) is 4.79 Å². The first kappa shape index (κ1) is 7.29. The van der Waals surface area contributed by atoms with Crippen molar-refractivity contribution in [2.24, 2.45) is 0 Å². The zero-order chi connectivity index (χ0) is 8.39. The van der Waals surface area contributed by atoms with Crippen LogP contribution in [0.5, 0.6) is 0 Å². The fourth-order valence-electron chi connectivity index (χ4n) is 1.51. The zero-order valence-electron chi connectivity index (χ0n) is 6.73. The number of hydrogen-bond donors (Lipinski definition) is 0. The van der Waals surface area contributed by atoms with Crippen LogP contribution in [0, 0.1) is 0 Å². The Bertz CT molecular complexity index is 311. The van der Waals surface area contributed by atoms with Crippen LogP contribution in [0.3, 0.4) is 0 Å². The lowest BCUT2D eigenvalue weighted by atomic mass is 9.99. The molecular weight excluding hydrogens is 148 g/mol. The number of hydrogen-bond acceptors (Lipinski definition) is 1. The number of rotatable bonds is 1. The average Bonchev–Trinajstić information content (AvgIpc) is 2.54. The lowest BCUT2D eigenvalue weighted by molar-refractivity contribution is -0.114. The predicted molar refractivity (Wildman–Crippen MR) is 47.9 cm³/mol. The molecule has 1 aliphatic carbocycles. The quantitative estimate of drug-likeness (QED) is 0.613. The van der Waals surface area contributed by atoms with E-state index in [1.54, 1.807) is 6.08 Å². The van der Waals surface area contributed by atoms with E-state index in [1.807, 2.05) is 24.3 Å². The highest BCUT2D eigenvalue weighted by Crippen LogP contribution is 2.25. The van der Waals surface area contributed by atoms with E-state index in [1.165, 1.54) is 5.56 Å². The molecule has 0 aromatic heterocycles. The van der Waals surface area contributed by atoms with Crippen LogP contribution in [0.15, 0.2) is 42.5 Å². The molecule has 0 saturated heterocycles. The van der Waals surface area contributed by atoms with Gasteiger partial charge in [0.1, 0.15) is 0 Å². The average molecular weight is 158 g/mol. The summed E-state index contributed by atoms with van der Waals surface area (Å²) in [5, 5.41) is 0. The molecule has 0 bridgehead atoms. The Kier molecular flexibility index (Phi) is 1.78. The molecule has 1 nitrogen and oxygen atoms in total. The van der Waals surface area contributed by atoms with Crippen molar-refractivity contribution < 1.29 is 4.79 Å². The Hall–Kier alpha value is -1.37. The van der Waals surface area contributed by atoms with Crippen molar-refractivity contribution >= 4 is 5.78 Å². The summed E-state index contributed by atoms with van der Waals surface area (Å²) in [6, 6.07) is 10.1. The van der Waals surface area contributed by atoms with Crippen LogP contribution in [-0.4, -0.2) is 5.78 Å². The van der Waals surface area contributed by atoms with Gasteiger partial charge in [-0.05, 0) is 11.6 Å². The molecule has 0 radical (unpaired) electrons. The second-order valence-corrected chi connectivity index (χ2v) is 3.05. The number of ketones is 1. The maximum absolute atomic E-state index is 10.9. The Morgan fingerprint density at radius 3 is 2.50 bits per heavy atom. The molecule has 0 amide bonds. The smallest absolute Gasteiger partial charge is 0.156 e. The van der Waals surface area contributed by atoms with Crippen LogP contribution in [-0.2, 0) is 4.79 Å². The van der Waals surface area contributed by atoms with Gasteiger partial charge in [-0.1, -0.05) is 36.4 Å². The van der Waals surface area contributed by atoms with Gasteiger partial charge in [0.2, 0.25) is 0 Å². The summed E-state index contributed by atoms with van der Waals surface area (Å²) in [6.45, 7) is 0. The molecule has 1 aromatic rings. The van der Waals surface area contributed by atoms with E-state index in [2.05, 4.69) is 12.1 Å². The third-order valence-electron chi connectivity index (χ3n) is 2.16. The Balaban J connectivity index is 2.23. The van der Waals surface area contributed by atoms with Gasteiger partial charge in [0, 0.05) is 12.3 Å². The minimum Gasteiger partial charge on any atom is -0.295 e. The fraction of sp³-hybridized carbons (Fsp3) is 0.182. The molecule has 0 aliphatic heterocycles. The lowest BCUT2D eigenvalue weighted by Gasteiger charge is -2.05. The molecule has 1 aromatic carbocycles. The summed E-state index contributed by atoms with van der Waals surface area (Å²) in [5.74, 6) is 0.558. The van der Waals surface area contributed by atoms with Crippen molar-refractivity contribution in [3.63, 3.8) is 0 Å². The van der Waals surface area contributed by atoms with Crippen molar-refractivity contribution in [2.45, 2.75) is 12.3 Å². The minimum atomic E-state index is 0.240. The van der Waals surface area contributed by atoms with Gasteiger partial charge in [-0.3, -0.25) is 4.79 Å². The first-order valence-electron chi connectivity index (χ1n) is 4.12. The van der Waals surface area contributed by atoms with Crippen molar-refractivity contribution in [2.75, 3.05) is 0 Å². The molecule has 0 saturated carbocycles. The van der Waals surface area contributed by atoms with Gasteiger partial charge >= 0.3 is 0 Å². The van der Waals surface area contributed by atoms with Gasteiger partial charge in [0.25, 0.3) is 0 Å². The molecular formula is C11H10O. The van der Waals surface area contributed by atoms with Gasteiger partial charge in [-0.25, -0.2) is 0 Å². The minimum absolute atomic E-state index is 0.240. The summed E-state index contributed by atoms with van der Waals surface area (Å²) in [7, 11) is 0. The van der Waals surface area contributed by atoms with Crippen LogP contribution in [0.4, 0.5) is 0 Å². The standard InChI is InChI=1S/C11H10O/c12-11-7-6-10(8-11)9-4-2-1-3-5-9/h1-7,10H,8H2/t10-/m1/s1. The number of allylic oxidation sites excluding steroid dienone is 2. The monoisotopic (exact) mass is 158 g/mol. The second kappa shape index (κ2) is 2.94. The number of benzene rings is 1. The first-order valence-corrected chi connectivity index (χ1v) is 4.12. The lowest BCUT2D eigenvalue weighted by Crippen LogP contribution is -1.94. The Morgan fingerprint density at radius 2 is 1.92 bits per heavy atom. The van der Waals surface area contributed by atoms with E-state index in [4.69, 9.17) is 0 Å². The fourth-order valence-corrected chi connectivity index (χ4v) is 1.51. The maximum Gasteiger partial charge on any atom is 0.156 e. The Labute approximate surface area is 71.7 Å². The molecule has 1 aliphatic rings. The highest BCUT2D eigenvalue weighted by molar-refractivity contribution is 5.93. The van der Waals surface area contributed by atoms with E-state index >= 15 is 0 Å². The number of carbonyl (C=O) groups excluding carboxylic acids is 1. The zero-order valence-corrected chi connectivity index (χ0v) is 6.73. The third kappa shape index (κ3) is 1.30. The summed E-state index contributed by atoms with van der Waals surface area (Å²) < 4.78 is 0. The summed E-state index contributed by atoms with van der Waals surface area (Å²) in [4.78, 5) is 10.9. The van der Waals surface area contributed by atoms with Crippen LogP contribution < -0.4 is 0 Å². The molecule has 60 valence electrons. The molecule has 0 spiro atoms. The van der Waals surface area contributed by atoms with E-state index < -0.39 is 0 Å². The van der Waals surface area contributed by atoms with E-state index in [-0.39, 0.29) is 5.78 Å². The van der Waals surface area contributed by atoms with Gasteiger partial charge < -0.3 is 0 Å². The molecule has 0 N–H and O–H groups in total. The van der Waals surface area contributed by atoms with Gasteiger partial charge in [0.05, 0.1) is 0 Å².